The Hall–Kier alpha value is -2.44. The molecule has 0 aliphatic rings. The minimum Gasteiger partial charge on any atom is -0.493 e. The number of carbonyl (C=O) groups is 1. The molecule has 0 bridgehead atoms. The average Bonchev–Trinajstić information content (AvgIpc) is 2.63. The molecule has 140 valence electrons. The highest BCUT2D eigenvalue weighted by Gasteiger charge is 2.17. The van der Waals surface area contributed by atoms with Crippen LogP contribution in [0.4, 0.5) is 10.5 Å². The fraction of sp³-hybridized carbons (Fsp3) is 0.316. The molecule has 0 aliphatic heterocycles. The molecule has 0 radical (unpaired) electrons. The van der Waals surface area contributed by atoms with Crippen LogP contribution in [0.15, 0.2) is 42.5 Å². The summed E-state index contributed by atoms with van der Waals surface area (Å²) in [4.78, 5) is 14.2. The van der Waals surface area contributed by atoms with Crippen molar-refractivity contribution in [1.29, 1.82) is 0 Å². The van der Waals surface area contributed by atoms with E-state index in [4.69, 9.17) is 21.1 Å². The molecule has 2 aromatic carbocycles. The second-order valence-corrected chi connectivity index (χ2v) is 6.37. The van der Waals surface area contributed by atoms with E-state index >= 15 is 0 Å². The Morgan fingerprint density at radius 1 is 1.08 bits per heavy atom. The van der Waals surface area contributed by atoms with Crippen molar-refractivity contribution in [2.75, 3.05) is 40.2 Å². The Balaban J connectivity index is 2.04. The van der Waals surface area contributed by atoms with Gasteiger partial charge in [0.2, 0.25) is 0 Å². The van der Waals surface area contributed by atoms with Crippen LogP contribution in [0.2, 0.25) is 5.02 Å². The van der Waals surface area contributed by atoms with Gasteiger partial charge in [-0.05, 0) is 56.1 Å². The summed E-state index contributed by atoms with van der Waals surface area (Å²) in [6.45, 7) is 0.432. The van der Waals surface area contributed by atoms with E-state index in [0.717, 1.165) is 5.56 Å². The number of methoxy groups -OCH3 is 2. The molecule has 2 rings (SSSR count). The minimum atomic E-state index is -0.278. The zero-order valence-corrected chi connectivity index (χ0v) is 16.1. The van der Waals surface area contributed by atoms with Crippen LogP contribution in [0, 0.1) is 0 Å². The van der Waals surface area contributed by atoms with Gasteiger partial charge in [0.1, 0.15) is 0 Å². The van der Waals surface area contributed by atoms with Gasteiger partial charge in [-0.15, -0.1) is 0 Å². The van der Waals surface area contributed by atoms with Gasteiger partial charge in [0, 0.05) is 17.3 Å². The average molecular weight is 378 g/mol. The van der Waals surface area contributed by atoms with E-state index in [9.17, 15) is 4.79 Å². The van der Waals surface area contributed by atoms with Crippen LogP contribution in [-0.2, 0) is 0 Å². The summed E-state index contributed by atoms with van der Waals surface area (Å²) < 4.78 is 10.6. The highest BCUT2D eigenvalue weighted by Crippen LogP contribution is 2.31. The molecule has 2 aromatic rings. The highest BCUT2D eigenvalue weighted by atomic mass is 35.5. The smallest absolute Gasteiger partial charge is 0.319 e. The Bertz CT molecular complexity index is 735. The zero-order chi connectivity index (χ0) is 19.1. The summed E-state index contributed by atoms with van der Waals surface area (Å²) in [6, 6.07) is 12.4. The lowest BCUT2D eigenvalue weighted by atomic mass is 10.1. The molecule has 0 spiro atoms. The van der Waals surface area contributed by atoms with Gasteiger partial charge in [0.25, 0.3) is 0 Å². The zero-order valence-electron chi connectivity index (χ0n) is 15.4. The second-order valence-electron chi connectivity index (χ2n) is 5.94. The Labute approximate surface area is 159 Å². The van der Waals surface area contributed by atoms with Crippen molar-refractivity contribution in [2.45, 2.75) is 6.04 Å². The first-order chi connectivity index (χ1) is 12.4. The minimum absolute atomic E-state index is 0.0224. The number of hydrogen-bond donors (Lipinski definition) is 2. The summed E-state index contributed by atoms with van der Waals surface area (Å²) in [6.07, 6.45) is 0. The van der Waals surface area contributed by atoms with Crippen molar-refractivity contribution < 1.29 is 14.3 Å². The Morgan fingerprint density at radius 2 is 1.73 bits per heavy atom. The number of likely N-dealkylation sites (N-methyl/N-ethyl adjacent to an activating group) is 1. The van der Waals surface area contributed by atoms with Crippen molar-refractivity contribution in [3.8, 4) is 11.5 Å². The summed E-state index contributed by atoms with van der Waals surface area (Å²) in [5.41, 5.74) is 1.69. The van der Waals surface area contributed by atoms with Crippen LogP contribution >= 0.6 is 11.6 Å². The van der Waals surface area contributed by atoms with Gasteiger partial charge < -0.3 is 25.0 Å². The van der Waals surface area contributed by atoms with Crippen LogP contribution in [0.25, 0.3) is 0 Å². The fourth-order valence-electron chi connectivity index (χ4n) is 2.56. The first-order valence-corrected chi connectivity index (χ1v) is 8.51. The normalized spacial score (nSPS) is 11.8. The number of amides is 2. The summed E-state index contributed by atoms with van der Waals surface area (Å²) in [5.74, 6) is 1.32. The van der Waals surface area contributed by atoms with Crippen molar-refractivity contribution in [3.05, 3.63) is 53.1 Å². The SMILES string of the molecule is COc1ccc(C(CNC(=O)Nc2ccc(Cl)cc2)N(C)C)cc1OC. The lowest BCUT2D eigenvalue weighted by Gasteiger charge is -2.26. The van der Waals surface area contributed by atoms with Crippen molar-refractivity contribution in [3.63, 3.8) is 0 Å². The molecule has 0 aromatic heterocycles. The predicted molar refractivity (Wildman–Crippen MR) is 104 cm³/mol. The van der Waals surface area contributed by atoms with E-state index in [1.807, 2.05) is 37.2 Å². The first-order valence-electron chi connectivity index (χ1n) is 8.13. The molecule has 7 heteroatoms. The number of nitrogens with one attached hydrogen (secondary N) is 2. The molecule has 0 saturated heterocycles. The maximum Gasteiger partial charge on any atom is 0.319 e. The largest absolute Gasteiger partial charge is 0.493 e. The lowest BCUT2D eigenvalue weighted by molar-refractivity contribution is 0.243. The lowest BCUT2D eigenvalue weighted by Crippen LogP contribution is -2.36. The molecule has 0 aliphatic carbocycles. The number of carbonyl (C=O) groups excluding carboxylic acids is 1. The van der Waals surface area contributed by atoms with Crippen molar-refractivity contribution >= 4 is 23.3 Å². The molecular weight excluding hydrogens is 354 g/mol. The van der Waals surface area contributed by atoms with Crippen LogP contribution in [-0.4, -0.2) is 45.8 Å². The molecule has 1 atom stereocenters. The van der Waals surface area contributed by atoms with E-state index < -0.39 is 0 Å². The Kier molecular flexibility index (Phi) is 7.12. The van der Waals surface area contributed by atoms with Crippen molar-refractivity contribution in [2.24, 2.45) is 0 Å². The van der Waals surface area contributed by atoms with E-state index in [1.54, 1.807) is 38.5 Å². The third-order valence-electron chi connectivity index (χ3n) is 3.97. The molecule has 6 nitrogen and oxygen atoms in total. The topological polar surface area (TPSA) is 62.8 Å². The number of nitrogens with zero attached hydrogens (tertiary/aromatic N) is 1. The molecular formula is C19H24ClN3O3. The van der Waals surface area contributed by atoms with Crippen LogP contribution in [0.5, 0.6) is 11.5 Å². The molecule has 2 amide bonds. The van der Waals surface area contributed by atoms with Gasteiger partial charge in [0.15, 0.2) is 11.5 Å². The van der Waals surface area contributed by atoms with Crippen LogP contribution in [0.1, 0.15) is 11.6 Å². The van der Waals surface area contributed by atoms with E-state index in [-0.39, 0.29) is 12.1 Å². The molecule has 1 unspecified atom stereocenters. The third kappa shape index (κ3) is 5.28. The maximum absolute atomic E-state index is 12.2. The monoisotopic (exact) mass is 377 g/mol. The predicted octanol–water partition coefficient (Wildman–Crippen LogP) is 3.78. The summed E-state index contributed by atoms with van der Waals surface area (Å²) in [7, 11) is 7.12. The third-order valence-corrected chi connectivity index (χ3v) is 4.23. The standard InChI is InChI=1S/C19H24ClN3O3/c1-23(2)16(13-5-10-17(25-3)18(11-13)26-4)12-21-19(24)22-15-8-6-14(20)7-9-15/h5-11,16H,12H2,1-4H3,(H2,21,22,24). The summed E-state index contributed by atoms with van der Waals surface area (Å²) in [5, 5.41) is 6.30. The number of rotatable bonds is 7. The van der Waals surface area contributed by atoms with Gasteiger partial charge in [-0.1, -0.05) is 17.7 Å². The number of halogens is 1. The van der Waals surface area contributed by atoms with Gasteiger partial charge in [0.05, 0.1) is 20.3 Å². The highest BCUT2D eigenvalue weighted by molar-refractivity contribution is 6.30. The maximum atomic E-state index is 12.2. The van der Waals surface area contributed by atoms with Gasteiger partial charge in [-0.3, -0.25) is 0 Å². The van der Waals surface area contributed by atoms with Crippen molar-refractivity contribution in [1.82, 2.24) is 10.2 Å². The number of hydrogen-bond acceptors (Lipinski definition) is 4. The fourth-order valence-corrected chi connectivity index (χ4v) is 2.68. The number of anilines is 1. The second kappa shape index (κ2) is 9.31. The van der Waals surface area contributed by atoms with Gasteiger partial charge in [-0.2, -0.15) is 0 Å². The van der Waals surface area contributed by atoms with E-state index in [2.05, 4.69) is 10.6 Å². The van der Waals surface area contributed by atoms with Crippen LogP contribution in [0.3, 0.4) is 0 Å². The molecule has 26 heavy (non-hydrogen) atoms. The van der Waals surface area contributed by atoms with Gasteiger partial charge in [-0.25, -0.2) is 4.79 Å². The molecule has 0 heterocycles. The number of benzene rings is 2. The number of urea groups is 1. The van der Waals surface area contributed by atoms with E-state index in [1.165, 1.54) is 0 Å². The first kappa shape index (κ1) is 19.9. The van der Waals surface area contributed by atoms with E-state index in [0.29, 0.717) is 28.8 Å². The molecule has 2 N–H and O–H groups in total. The summed E-state index contributed by atoms with van der Waals surface area (Å²) >= 11 is 5.85. The van der Waals surface area contributed by atoms with Gasteiger partial charge >= 0.3 is 6.03 Å². The Morgan fingerprint density at radius 3 is 2.31 bits per heavy atom. The quantitative estimate of drug-likeness (QED) is 0.770. The van der Waals surface area contributed by atoms with Crippen LogP contribution < -0.4 is 20.1 Å². The molecule has 0 fully saturated rings. The number of ether oxygens (including phenoxy) is 2. The molecule has 0 saturated carbocycles.